The molecule has 0 bridgehead atoms. The molecule has 1 aliphatic heterocycles. The molecule has 1 aliphatic rings. The fourth-order valence-corrected chi connectivity index (χ4v) is 3.96. The van der Waals surface area contributed by atoms with Gasteiger partial charge in [0, 0.05) is 35.5 Å². The number of para-hydroxylation sites is 1. The summed E-state index contributed by atoms with van der Waals surface area (Å²) in [5.41, 5.74) is 3.25. The van der Waals surface area contributed by atoms with E-state index in [0.29, 0.717) is 48.0 Å². The molecule has 4 aromatic rings. The zero-order chi connectivity index (χ0) is 21.4. The number of aromatic nitrogens is 2. The first-order valence-corrected chi connectivity index (χ1v) is 10.1. The lowest BCUT2D eigenvalue weighted by atomic mass is 10.0. The SMILES string of the molecule is Cc1c(C(=O)N2CCOC(c3nccnc3-c3cccc(F)c3)C2)oc2ccccc12. The van der Waals surface area contributed by atoms with Gasteiger partial charge in [0.15, 0.2) is 5.76 Å². The van der Waals surface area contributed by atoms with E-state index < -0.39 is 6.10 Å². The van der Waals surface area contributed by atoms with Gasteiger partial charge >= 0.3 is 0 Å². The van der Waals surface area contributed by atoms with Crippen LogP contribution in [-0.2, 0) is 4.74 Å². The Kier molecular flexibility index (Phi) is 4.95. The summed E-state index contributed by atoms with van der Waals surface area (Å²) in [6.07, 6.45) is 2.66. The Morgan fingerprint density at radius 2 is 1.97 bits per heavy atom. The number of ether oxygens (including phenoxy) is 1. The van der Waals surface area contributed by atoms with Crippen LogP contribution in [0.15, 0.2) is 65.3 Å². The molecule has 0 aliphatic carbocycles. The van der Waals surface area contributed by atoms with E-state index in [1.807, 2.05) is 31.2 Å². The molecule has 2 aromatic carbocycles. The van der Waals surface area contributed by atoms with Crippen LogP contribution in [0.1, 0.15) is 27.9 Å². The third-order valence-corrected chi connectivity index (χ3v) is 5.52. The van der Waals surface area contributed by atoms with Gasteiger partial charge in [-0.25, -0.2) is 4.39 Å². The molecule has 2 aromatic heterocycles. The molecule has 7 heteroatoms. The molecule has 0 spiro atoms. The van der Waals surface area contributed by atoms with Crippen molar-refractivity contribution in [1.82, 2.24) is 14.9 Å². The third-order valence-electron chi connectivity index (χ3n) is 5.52. The van der Waals surface area contributed by atoms with Crippen LogP contribution in [0, 0.1) is 12.7 Å². The maximum absolute atomic E-state index is 13.8. The average Bonchev–Trinajstić information content (AvgIpc) is 3.15. The zero-order valence-electron chi connectivity index (χ0n) is 16.9. The molecule has 0 saturated carbocycles. The molecule has 1 atom stereocenters. The highest BCUT2D eigenvalue weighted by Crippen LogP contribution is 2.31. The van der Waals surface area contributed by atoms with Crippen molar-refractivity contribution in [3.63, 3.8) is 0 Å². The summed E-state index contributed by atoms with van der Waals surface area (Å²) in [5.74, 6) is -0.194. The molecule has 3 heterocycles. The highest BCUT2D eigenvalue weighted by molar-refractivity contribution is 5.99. The lowest BCUT2D eigenvalue weighted by Crippen LogP contribution is -2.42. The third kappa shape index (κ3) is 3.57. The van der Waals surface area contributed by atoms with Crippen LogP contribution in [-0.4, -0.2) is 40.5 Å². The lowest BCUT2D eigenvalue weighted by molar-refractivity contribution is -0.0255. The molecule has 5 rings (SSSR count). The molecule has 156 valence electrons. The van der Waals surface area contributed by atoms with Crippen LogP contribution >= 0.6 is 0 Å². The zero-order valence-corrected chi connectivity index (χ0v) is 16.9. The van der Waals surface area contributed by atoms with Crippen molar-refractivity contribution in [2.45, 2.75) is 13.0 Å². The smallest absolute Gasteiger partial charge is 0.290 e. The van der Waals surface area contributed by atoms with Crippen LogP contribution in [0.3, 0.4) is 0 Å². The van der Waals surface area contributed by atoms with E-state index in [9.17, 15) is 9.18 Å². The van der Waals surface area contributed by atoms with Gasteiger partial charge in [0.25, 0.3) is 5.91 Å². The number of hydrogen-bond acceptors (Lipinski definition) is 5. The number of aryl methyl sites for hydroxylation is 1. The second-order valence-electron chi connectivity index (χ2n) is 7.46. The summed E-state index contributed by atoms with van der Waals surface area (Å²) in [6.45, 7) is 2.99. The minimum Gasteiger partial charge on any atom is -0.451 e. The standard InChI is InChI=1S/C24H20FN3O3/c1-15-18-7-2-3-8-19(18)31-23(15)24(29)28-11-12-30-20(14-28)22-21(26-9-10-27-22)16-5-4-6-17(25)13-16/h2-10,13,20H,11-12,14H2,1H3. The number of nitrogens with zero attached hydrogens (tertiary/aromatic N) is 3. The van der Waals surface area contributed by atoms with Crippen molar-refractivity contribution in [3.8, 4) is 11.3 Å². The van der Waals surface area contributed by atoms with E-state index in [1.54, 1.807) is 29.4 Å². The van der Waals surface area contributed by atoms with Gasteiger partial charge < -0.3 is 14.1 Å². The van der Waals surface area contributed by atoms with Crippen molar-refractivity contribution in [1.29, 1.82) is 0 Å². The molecule has 1 amide bonds. The molecule has 31 heavy (non-hydrogen) atoms. The molecule has 0 N–H and O–H groups in total. The van der Waals surface area contributed by atoms with Crippen LogP contribution in [0.5, 0.6) is 0 Å². The number of benzene rings is 2. The second kappa shape index (κ2) is 7.92. The molecule has 0 radical (unpaired) electrons. The van der Waals surface area contributed by atoms with Crippen molar-refractivity contribution >= 4 is 16.9 Å². The highest BCUT2D eigenvalue weighted by atomic mass is 19.1. The fraction of sp³-hybridized carbons (Fsp3) is 0.208. The highest BCUT2D eigenvalue weighted by Gasteiger charge is 2.31. The summed E-state index contributed by atoms with van der Waals surface area (Å²) >= 11 is 0. The van der Waals surface area contributed by atoms with Gasteiger partial charge in [-0.2, -0.15) is 0 Å². The Bertz CT molecular complexity index is 1270. The van der Waals surface area contributed by atoms with Crippen molar-refractivity contribution in [3.05, 3.63) is 83.8 Å². The number of amides is 1. The fourth-order valence-electron chi connectivity index (χ4n) is 3.96. The number of rotatable bonds is 3. The van der Waals surface area contributed by atoms with Gasteiger partial charge in [-0.1, -0.05) is 30.3 Å². The maximum atomic E-state index is 13.8. The normalized spacial score (nSPS) is 16.6. The molecular weight excluding hydrogens is 397 g/mol. The Hall–Kier alpha value is -3.58. The summed E-state index contributed by atoms with van der Waals surface area (Å²) < 4.78 is 25.6. The summed E-state index contributed by atoms with van der Waals surface area (Å²) in [5, 5.41) is 0.929. The number of halogens is 1. The monoisotopic (exact) mass is 417 g/mol. The second-order valence-corrected chi connectivity index (χ2v) is 7.46. The predicted octanol–water partition coefficient (Wildman–Crippen LogP) is 4.55. The largest absolute Gasteiger partial charge is 0.451 e. The van der Waals surface area contributed by atoms with E-state index in [4.69, 9.17) is 9.15 Å². The van der Waals surface area contributed by atoms with Crippen molar-refractivity contribution < 1.29 is 18.3 Å². The van der Waals surface area contributed by atoms with Crippen LogP contribution in [0.2, 0.25) is 0 Å². The molecule has 1 unspecified atom stereocenters. The average molecular weight is 417 g/mol. The minimum atomic E-state index is -0.477. The minimum absolute atomic E-state index is 0.182. The number of carbonyl (C=O) groups is 1. The Labute approximate surface area is 178 Å². The Balaban J connectivity index is 1.45. The molecule has 1 fully saturated rings. The van der Waals surface area contributed by atoms with Gasteiger partial charge in [0.05, 0.1) is 24.5 Å². The van der Waals surface area contributed by atoms with E-state index >= 15 is 0 Å². The maximum Gasteiger partial charge on any atom is 0.290 e. The Morgan fingerprint density at radius 3 is 2.81 bits per heavy atom. The molecular formula is C24H20FN3O3. The van der Waals surface area contributed by atoms with E-state index in [2.05, 4.69) is 9.97 Å². The number of morpholine rings is 1. The summed E-state index contributed by atoms with van der Waals surface area (Å²) in [7, 11) is 0. The van der Waals surface area contributed by atoms with Crippen LogP contribution in [0.4, 0.5) is 4.39 Å². The van der Waals surface area contributed by atoms with Gasteiger partial charge in [-0.15, -0.1) is 0 Å². The predicted molar refractivity (Wildman–Crippen MR) is 113 cm³/mol. The number of hydrogen-bond donors (Lipinski definition) is 0. The van der Waals surface area contributed by atoms with E-state index in [0.717, 1.165) is 10.9 Å². The Morgan fingerprint density at radius 1 is 1.13 bits per heavy atom. The van der Waals surface area contributed by atoms with Crippen LogP contribution in [0.25, 0.3) is 22.2 Å². The first kappa shape index (κ1) is 19.4. The summed E-state index contributed by atoms with van der Waals surface area (Å²) in [6, 6.07) is 13.8. The lowest BCUT2D eigenvalue weighted by Gasteiger charge is -2.32. The van der Waals surface area contributed by atoms with Crippen molar-refractivity contribution in [2.75, 3.05) is 19.7 Å². The number of fused-ring (bicyclic) bond motifs is 1. The van der Waals surface area contributed by atoms with Gasteiger partial charge in [-0.05, 0) is 25.1 Å². The van der Waals surface area contributed by atoms with Gasteiger partial charge in [-0.3, -0.25) is 14.8 Å². The van der Waals surface area contributed by atoms with Gasteiger partial charge in [0.2, 0.25) is 0 Å². The number of carbonyl (C=O) groups excluding carboxylic acids is 1. The van der Waals surface area contributed by atoms with Crippen molar-refractivity contribution in [2.24, 2.45) is 0 Å². The van der Waals surface area contributed by atoms with E-state index in [-0.39, 0.29) is 11.7 Å². The first-order chi connectivity index (χ1) is 15.1. The van der Waals surface area contributed by atoms with E-state index in [1.165, 1.54) is 12.1 Å². The number of furan rings is 1. The first-order valence-electron chi connectivity index (χ1n) is 10.1. The van der Waals surface area contributed by atoms with Crippen LogP contribution < -0.4 is 0 Å². The summed E-state index contributed by atoms with van der Waals surface area (Å²) in [4.78, 5) is 23.8. The molecule has 1 saturated heterocycles. The van der Waals surface area contributed by atoms with Gasteiger partial charge in [0.1, 0.15) is 17.5 Å². The molecule has 6 nitrogen and oxygen atoms in total. The topological polar surface area (TPSA) is 68.5 Å². The quantitative estimate of drug-likeness (QED) is 0.489.